The van der Waals surface area contributed by atoms with Gasteiger partial charge in [-0.2, -0.15) is 0 Å². The lowest BCUT2D eigenvalue weighted by Crippen LogP contribution is -2.04. The molecule has 0 aliphatic heterocycles. The third kappa shape index (κ3) is 2.84. The van der Waals surface area contributed by atoms with E-state index >= 15 is 0 Å². The van der Waals surface area contributed by atoms with E-state index in [1.807, 2.05) is 0 Å². The molecule has 1 rings (SSSR count). The van der Waals surface area contributed by atoms with Crippen molar-refractivity contribution in [3.63, 3.8) is 0 Å². The molecule has 0 fully saturated rings. The van der Waals surface area contributed by atoms with Crippen molar-refractivity contribution < 1.29 is 9.50 Å². The molecule has 0 bridgehead atoms. The van der Waals surface area contributed by atoms with E-state index in [4.69, 9.17) is 5.11 Å². The molecule has 1 aromatic rings. The zero-order valence-electron chi connectivity index (χ0n) is 7.97. The van der Waals surface area contributed by atoms with Crippen LogP contribution in [-0.2, 0) is 6.61 Å². The van der Waals surface area contributed by atoms with Gasteiger partial charge in [-0.15, -0.1) is 0 Å². The summed E-state index contributed by atoms with van der Waals surface area (Å²) in [7, 11) is 1.78. The van der Waals surface area contributed by atoms with Gasteiger partial charge in [0.05, 0.1) is 13.2 Å². The lowest BCUT2D eigenvalue weighted by molar-refractivity contribution is 0.281. The van der Waals surface area contributed by atoms with Crippen molar-refractivity contribution in [2.45, 2.75) is 6.61 Å². The van der Waals surface area contributed by atoms with Crippen LogP contribution in [0.3, 0.4) is 0 Å². The number of aliphatic hydroxyl groups is 1. The first-order chi connectivity index (χ1) is 6.77. The summed E-state index contributed by atoms with van der Waals surface area (Å²) in [4.78, 5) is 0. The predicted molar refractivity (Wildman–Crippen MR) is 53.1 cm³/mol. The largest absolute Gasteiger partial charge is 0.392 e. The molecule has 0 aromatic heterocycles. The van der Waals surface area contributed by atoms with Gasteiger partial charge in [0.25, 0.3) is 0 Å². The Morgan fingerprint density at radius 2 is 2.29 bits per heavy atom. The summed E-state index contributed by atoms with van der Waals surface area (Å²) in [5.74, 6) is 5.27. The number of aliphatic hydroxyl groups excluding tert-OH is 1. The highest BCUT2D eigenvalue weighted by molar-refractivity contribution is 5.41. The van der Waals surface area contributed by atoms with E-state index in [2.05, 4.69) is 17.2 Å². The number of benzene rings is 1. The van der Waals surface area contributed by atoms with Crippen LogP contribution in [-0.4, -0.2) is 18.7 Å². The Kier molecular flexibility index (Phi) is 4.11. The average molecular weight is 193 g/mol. The molecule has 0 unspecified atom stereocenters. The normalized spacial score (nSPS) is 9.36. The summed E-state index contributed by atoms with van der Waals surface area (Å²) in [5, 5.41) is 11.8. The topological polar surface area (TPSA) is 32.3 Å². The van der Waals surface area contributed by atoms with E-state index in [1.165, 1.54) is 12.1 Å². The van der Waals surface area contributed by atoms with E-state index in [0.29, 0.717) is 17.7 Å². The Bertz CT molecular complexity index is 365. The molecular formula is C11H12FNO. The Morgan fingerprint density at radius 1 is 1.50 bits per heavy atom. The molecule has 0 saturated heterocycles. The number of halogens is 1. The van der Waals surface area contributed by atoms with Crippen LogP contribution in [0.5, 0.6) is 0 Å². The van der Waals surface area contributed by atoms with Gasteiger partial charge in [0.2, 0.25) is 0 Å². The molecule has 0 amide bonds. The standard InChI is InChI=1S/C11H12FNO/c1-13-6-2-3-9-7-11(12)5-4-10(9)8-14/h4-5,7,13-14H,6,8H2,1H3. The van der Waals surface area contributed by atoms with Crippen LogP contribution in [0.15, 0.2) is 18.2 Å². The van der Waals surface area contributed by atoms with Gasteiger partial charge in [-0.05, 0) is 24.7 Å². The Labute approximate surface area is 82.8 Å². The molecule has 14 heavy (non-hydrogen) atoms. The number of rotatable bonds is 2. The van der Waals surface area contributed by atoms with Crippen molar-refractivity contribution >= 4 is 0 Å². The zero-order chi connectivity index (χ0) is 10.4. The van der Waals surface area contributed by atoms with E-state index < -0.39 is 0 Å². The van der Waals surface area contributed by atoms with Gasteiger partial charge < -0.3 is 10.4 Å². The number of hydrogen-bond donors (Lipinski definition) is 2. The first kappa shape index (κ1) is 10.7. The van der Waals surface area contributed by atoms with Crippen LogP contribution >= 0.6 is 0 Å². The fourth-order valence-electron chi connectivity index (χ4n) is 1.03. The second kappa shape index (κ2) is 5.38. The predicted octanol–water partition coefficient (Wildman–Crippen LogP) is 0.889. The third-order valence-electron chi connectivity index (χ3n) is 1.73. The smallest absolute Gasteiger partial charge is 0.124 e. The first-order valence-electron chi connectivity index (χ1n) is 4.30. The molecule has 1 aromatic carbocycles. The van der Waals surface area contributed by atoms with Gasteiger partial charge in [0.1, 0.15) is 5.82 Å². The Balaban J connectivity index is 2.94. The molecule has 2 N–H and O–H groups in total. The highest BCUT2D eigenvalue weighted by atomic mass is 19.1. The number of nitrogens with one attached hydrogen (secondary N) is 1. The van der Waals surface area contributed by atoms with Gasteiger partial charge in [-0.25, -0.2) is 4.39 Å². The summed E-state index contributed by atoms with van der Waals surface area (Å²) in [6.07, 6.45) is 0. The van der Waals surface area contributed by atoms with E-state index in [9.17, 15) is 4.39 Å². The summed E-state index contributed by atoms with van der Waals surface area (Å²) < 4.78 is 12.8. The van der Waals surface area contributed by atoms with Crippen molar-refractivity contribution in [3.05, 3.63) is 35.1 Å². The third-order valence-corrected chi connectivity index (χ3v) is 1.73. The van der Waals surface area contributed by atoms with Crippen molar-refractivity contribution in [3.8, 4) is 11.8 Å². The van der Waals surface area contributed by atoms with Crippen molar-refractivity contribution in [1.82, 2.24) is 5.32 Å². The van der Waals surface area contributed by atoms with E-state index in [-0.39, 0.29) is 12.4 Å². The highest BCUT2D eigenvalue weighted by Gasteiger charge is 1.99. The molecule has 0 atom stereocenters. The summed E-state index contributed by atoms with van der Waals surface area (Å²) in [5.41, 5.74) is 1.19. The molecule has 2 nitrogen and oxygen atoms in total. The minimum atomic E-state index is -0.337. The van der Waals surface area contributed by atoms with Gasteiger partial charge in [-0.3, -0.25) is 0 Å². The monoisotopic (exact) mass is 193 g/mol. The second-order valence-electron chi connectivity index (χ2n) is 2.79. The van der Waals surface area contributed by atoms with Crippen LogP contribution in [0.2, 0.25) is 0 Å². The van der Waals surface area contributed by atoms with Gasteiger partial charge in [0, 0.05) is 5.56 Å². The van der Waals surface area contributed by atoms with Gasteiger partial charge in [-0.1, -0.05) is 17.9 Å². The molecule has 0 aliphatic carbocycles. The van der Waals surface area contributed by atoms with Crippen LogP contribution < -0.4 is 5.32 Å². The molecule has 0 aliphatic rings. The second-order valence-corrected chi connectivity index (χ2v) is 2.79. The van der Waals surface area contributed by atoms with Crippen LogP contribution in [0.1, 0.15) is 11.1 Å². The SMILES string of the molecule is CNCC#Cc1cc(F)ccc1CO. The quantitative estimate of drug-likeness (QED) is 0.684. The molecule has 0 radical (unpaired) electrons. The van der Waals surface area contributed by atoms with Crippen molar-refractivity contribution in [2.24, 2.45) is 0 Å². The van der Waals surface area contributed by atoms with Crippen LogP contribution in [0.4, 0.5) is 4.39 Å². The summed E-state index contributed by atoms with van der Waals surface area (Å²) >= 11 is 0. The summed E-state index contributed by atoms with van der Waals surface area (Å²) in [6, 6.07) is 4.18. The molecule has 0 saturated carbocycles. The first-order valence-corrected chi connectivity index (χ1v) is 4.30. The minimum absolute atomic E-state index is 0.121. The lowest BCUT2D eigenvalue weighted by Gasteiger charge is -1.99. The molecule has 0 spiro atoms. The van der Waals surface area contributed by atoms with Crippen LogP contribution in [0.25, 0.3) is 0 Å². The Hall–Kier alpha value is -1.37. The average Bonchev–Trinajstić information content (AvgIpc) is 2.19. The summed E-state index contributed by atoms with van der Waals surface area (Å²) in [6.45, 7) is 0.422. The van der Waals surface area contributed by atoms with E-state index in [0.717, 1.165) is 0 Å². The Morgan fingerprint density at radius 3 is 2.93 bits per heavy atom. The van der Waals surface area contributed by atoms with Gasteiger partial charge >= 0.3 is 0 Å². The van der Waals surface area contributed by atoms with Gasteiger partial charge in [0.15, 0.2) is 0 Å². The fraction of sp³-hybridized carbons (Fsp3) is 0.273. The van der Waals surface area contributed by atoms with E-state index in [1.54, 1.807) is 13.1 Å². The molecular weight excluding hydrogens is 181 g/mol. The van der Waals surface area contributed by atoms with Crippen molar-refractivity contribution in [1.29, 1.82) is 0 Å². The molecule has 3 heteroatoms. The molecule has 74 valence electrons. The zero-order valence-corrected chi connectivity index (χ0v) is 7.97. The lowest BCUT2D eigenvalue weighted by atomic mass is 10.1. The minimum Gasteiger partial charge on any atom is -0.392 e. The highest BCUT2D eigenvalue weighted by Crippen LogP contribution is 2.09. The number of hydrogen-bond acceptors (Lipinski definition) is 2. The maximum atomic E-state index is 12.8. The van der Waals surface area contributed by atoms with Crippen molar-refractivity contribution in [2.75, 3.05) is 13.6 Å². The fourth-order valence-corrected chi connectivity index (χ4v) is 1.03. The molecule has 0 heterocycles. The maximum absolute atomic E-state index is 12.8. The van der Waals surface area contributed by atoms with Crippen LogP contribution in [0, 0.1) is 17.7 Å². The maximum Gasteiger partial charge on any atom is 0.124 e.